The van der Waals surface area contributed by atoms with Crippen LogP contribution in [-0.2, 0) is 27.7 Å². The number of carbonyl (C=O) groups excluding carboxylic acids is 1. The number of nitrogens with one attached hydrogen (secondary N) is 1. The van der Waals surface area contributed by atoms with Gasteiger partial charge in [0.1, 0.15) is 5.82 Å². The number of nitrogens with zero attached hydrogens (tertiary/aromatic N) is 2. The molecule has 1 aromatic heterocycles. The summed E-state index contributed by atoms with van der Waals surface area (Å²) in [5.41, 5.74) is 1.50. The fourth-order valence-corrected chi connectivity index (χ4v) is 4.58. The van der Waals surface area contributed by atoms with Crippen LogP contribution in [0.25, 0.3) is 10.9 Å². The van der Waals surface area contributed by atoms with Gasteiger partial charge >= 0.3 is 0 Å². The Morgan fingerprint density at radius 3 is 2.65 bits per heavy atom. The van der Waals surface area contributed by atoms with E-state index in [0.717, 1.165) is 12.8 Å². The summed E-state index contributed by atoms with van der Waals surface area (Å²) in [5.74, 6) is 0.294. The molecule has 0 aliphatic heterocycles. The van der Waals surface area contributed by atoms with Gasteiger partial charge in [-0.25, -0.2) is 18.5 Å². The zero-order valence-corrected chi connectivity index (χ0v) is 18.0. The lowest BCUT2D eigenvalue weighted by Gasteiger charge is -2.13. The number of primary sulfonamides is 1. The van der Waals surface area contributed by atoms with Crippen LogP contribution in [0, 0.1) is 0 Å². The smallest absolute Gasteiger partial charge is 0.261 e. The van der Waals surface area contributed by atoms with Gasteiger partial charge in [0, 0.05) is 24.6 Å². The molecule has 9 heteroatoms. The highest BCUT2D eigenvalue weighted by Gasteiger charge is 2.28. The number of aryl methyl sites for hydroxylation is 2. The van der Waals surface area contributed by atoms with Gasteiger partial charge in [0.2, 0.25) is 15.9 Å². The number of carbonyl (C=O) groups is 1. The zero-order chi connectivity index (χ0) is 22.2. The summed E-state index contributed by atoms with van der Waals surface area (Å²) in [5, 5.41) is 8.59. The Labute approximate surface area is 180 Å². The summed E-state index contributed by atoms with van der Waals surface area (Å²) in [6, 6.07) is 12.0. The minimum Gasteiger partial charge on any atom is -0.326 e. The number of nitrogens with two attached hydrogens (primary N) is 1. The lowest BCUT2D eigenvalue weighted by atomic mass is 10.1. The standard InChI is InChI=1S/C22H24N4O4S/c1-2-14-7-8-15(13-19(14)31(23,29)30)24-21(27)12-11-20-25-18-6-4-3-5-17(18)22(28)26(20)16-9-10-16/h3-8,13,16H,2,9-12H2,1H3,(H,24,27)(H2,23,29,30). The molecule has 1 heterocycles. The SMILES string of the molecule is CCc1ccc(NC(=O)CCc2nc3ccccc3c(=O)n2C2CC2)cc1S(N)(=O)=O. The van der Waals surface area contributed by atoms with Gasteiger partial charge in [0.05, 0.1) is 15.8 Å². The lowest BCUT2D eigenvalue weighted by Crippen LogP contribution is -2.25. The second-order valence-electron chi connectivity index (χ2n) is 7.72. The van der Waals surface area contributed by atoms with Gasteiger partial charge in [0.25, 0.3) is 5.56 Å². The van der Waals surface area contributed by atoms with Crippen molar-refractivity contribution in [3.05, 3.63) is 64.2 Å². The predicted octanol–water partition coefficient (Wildman–Crippen LogP) is 2.51. The maximum absolute atomic E-state index is 12.9. The van der Waals surface area contributed by atoms with Crippen LogP contribution in [0.15, 0.2) is 52.2 Å². The highest BCUT2D eigenvalue weighted by molar-refractivity contribution is 7.89. The molecule has 1 amide bonds. The van der Waals surface area contributed by atoms with Crippen molar-refractivity contribution in [2.24, 2.45) is 5.14 Å². The van der Waals surface area contributed by atoms with E-state index in [2.05, 4.69) is 10.3 Å². The zero-order valence-electron chi connectivity index (χ0n) is 17.2. The fourth-order valence-electron chi connectivity index (χ4n) is 3.72. The van der Waals surface area contributed by atoms with E-state index >= 15 is 0 Å². The maximum atomic E-state index is 12.9. The summed E-state index contributed by atoms with van der Waals surface area (Å²) < 4.78 is 25.4. The van der Waals surface area contributed by atoms with Gasteiger partial charge in [-0.15, -0.1) is 0 Å². The van der Waals surface area contributed by atoms with Crippen LogP contribution in [0.3, 0.4) is 0 Å². The molecule has 0 bridgehead atoms. The Morgan fingerprint density at radius 1 is 1.23 bits per heavy atom. The first-order valence-electron chi connectivity index (χ1n) is 10.2. The summed E-state index contributed by atoms with van der Waals surface area (Å²) in [6.45, 7) is 1.83. The van der Waals surface area contributed by atoms with Crippen molar-refractivity contribution in [2.45, 2.75) is 50.0 Å². The van der Waals surface area contributed by atoms with Crippen LogP contribution in [0.4, 0.5) is 5.69 Å². The molecule has 3 N–H and O–H groups in total. The second kappa shape index (κ2) is 8.24. The number of anilines is 1. The Balaban J connectivity index is 1.54. The van der Waals surface area contributed by atoms with Crippen molar-refractivity contribution in [1.82, 2.24) is 9.55 Å². The van der Waals surface area contributed by atoms with E-state index in [1.54, 1.807) is 28.8 Å². The summed E-state index contributed by atoms with van der Waals surface area (Å²) in [6.07, 6.45) is 2.78. The van der Waals surface area contributed by atoms with Crippen molar-refractivity contribution in [2.75, 3.05) is 5.32 Å². The Morgan fingerprint density at radius 2 is 1.97 bits per heavy atom. The number of para-hydroxylation sites is 1. The summed E-state index contributed by atoms with van der Waals surface area (Å²) >= 11 is 0. The minimum absolute atomic E-state index is 0.00608. The normalized spacial score (nSPS) is 14.0. The monoisotopic (exact) mass is 440 g/mol. The molecule has 1 aliphatic rings. The van der Waals surface area contributed by atoms with Crippen LogP contribution in [0.1, 0.15) is 43.6 Å². The molecule has 2 aromatic carbocycles. The molecule has 0 radical (unpaired) electrons. The summed E-state index contributed by atoms with van der Waals surface area (Å²) in [7, 11) is -3.89. The van der Waals surface area contributed by atoms with E-state index in [4.69, 9.17) is 5.14 Å². The van der Waals surface area contributed by atoms with E-state index in [1.807, 2.05) is 19.1 Å². The average Bonchev–Trinajstić information content (AvgIpc) is 3.56. The largest absolute Gasteiger partial charge is 0.326 e. The highest BCUT2D eigenvalue weighted by atomic mass is 32.2. The summed E-state index contributed by atoms with van der Waals surface area (Å²) in [4.78, 5) is 30.1. The Hall–Kier alpha value is -3.04. The quantitative estimate of drug-likeness (QED) is 0.584. The van der Waals surface area contributed by atoms with E-state index in [9.17, 15) is 18.0 Å². The molecule has 31 heavy (non-hydrogen) atoms. The van der Waals surface area contributed by atoms with Gasteiger partial charge in [-0.05, 0) is 49.1 Å². The molecule has 162 valence electrons. The molecule has 1 saturated carbocycles. The van der Waals surface area contributed by atoms with Crippen molar-refractivity contribution in [3.63, 3.8) is 0 Å². The number of fused-ring (bicyclic) bond motifs is 1. The fraction of sp³-hybridized carbons (Fsp3) is 0.318. The number of hydrogen-bond donors (Lipinski definition) is 2. The van der Waals surface area contributed by atoms with Crippen LogP contribution < -0.4 is 16.0 Å². The van der Waals surface area contributed by atoms with Crippen molar-refractivity contribution in [3.8, 4) is 0 Å². The number of sulfonamides is 1. The van der Waals surface area contributed by atoms with Crippen LogP contribution in [0.2, 0.25) is 0 Å². The third kappa shape index (κ3) is 4.52. The van der Waals surface area contributed by atoms with Crippen molar-refractivity contribution in [1.29, 1.82) is 0 Å². The highest BCUT2D eigenvalue weighted by Crippen LogP contribution is 2.35. The van der Waals surface area contributed by atoms with Crippen LogP contribution in [0.5, 0.6) is 0 Å². The van der Waals surface area contributed by atoms with Crippen LogP contribution >= 0.6 is 0 Å². The van der Waals surface area contributed by atoms with E-state index in [0.29, 0.717) is 40.8 Å². The molecule has 0 unspecified atom stereocenters. The molecule has 0 spiro atoms. The first-order valence-corrected chi connectivity index (χ1v) is 11.8. The molecule has 1 aliphatic carbocycles. The molecule has 0 atom stereocenters. The van der Waals surface area contributed by atoms with E-state index < -0.39 is 10.0 Å². The third-order valence-electron chi connectivity index (χ3n) is 5.41. The van der Waals surface area contributed by atoms with Gasteiger partial charge in [-0.1, -0.05) is 25.1 Å². The third-order valence-corrected chi connectivity index (χ3v) is 6.40. The van der Waals surface area contributed by atoms with Gasteiger partial charge < -0.3 is 5.32 Å². The predicted molar refractivity (Wildman–Crippen MR) is 118 cm³/mol. The molecule has 0 saturated heterocycles. The molecular weight excluding hydrogens is 416 g/mol. The lowest BCUT2D eigenvalue weighted by molar-refractivity contribution is -0.116. The number of hydrogen-bond acceptors (Lipinski definition) is 5. The molecule has 4 rings (SSSR count). The van der Waals surface area contributed by atoms with Crippen LogP contribution in [-0.4, -0.2) is 23.9 Å². The number of aromatic nitrogens is 2. The average molecular weight is 441 g/mol. The molecular formula is C22H24N4O4S. The molecule has 3 aromatic rings. The van der Waals surface area contributed by atoms with Crippen molar-refractivity contribution < 1.29 is 13.2 Å². The molecule has 8 nitrogen and oxygen atoms in total. The number of rotatable bonds is 7. The minimum atomic E-state index is -3.89. The van der Waals surface area contributed by atoms with Gasteiger partial charge in [-0.2, -0.15) is 0 Å². The van der Waals surface area contributed by atoms with Crippen molar-refractivity contribution >= 4 is 32.5 Å². The van der Waals surface area contributed by atoms with E-state index in [1.165, 1.54) is 6.07 Å². The van der Waals surface area contributed by atoms with Gasteiger partial charge in [0.15, 0.2) is 0 Å². The molecule has 1 fully saturated rings. The van der Waals surface area contributed by atoms with Gasteiger partial charge in [-0.3, -0.25) is 14.2 Å². The first kappa shape index (κ1) is 21.2. The first-order chi connectivity index (χ1) is 14.8. The Kier molecular flexibility index (Phi) is 5.63. The second-order valence-corrected chi connectivity index (χ2v) is 9.25. The number of amides is 1. The topological polar surface area (TPSA) is 124 Å². The Bertz CT molecular complexity index is 1330. The number of benzene rings is 2. The maximum Gasteiger partial charge on any atom is 0.261 e. The van der Waals surface area contributed by atoms with E-state index in [-0.39, 0.29) is 28.8 Å².